The van der Waals surface area contributed by atoms with Gasteiger partial charge in [-0.2, -0.15) is 0 Å². The molecule has 9 heteroatoms. The zero-order chi connectivity index (χ0) is 24.9. The van der Waals surface area contributed by atoms with Crippen molar-refractivity contribution in [3.63, 3.8) is 0 Å². The van der Waals surface area contributed by atoms with Crippen molar-refractivity contribution in [3.8, 4) is 11.5 Å². The van der Waals surface area contributed by atoms with Gasteiger partial charge >= 0.3 is 146 Å². The fourth-order valence-electron chi connectivity index (χ4n) is 1.85. The molecule has 0 saturated heterocycles. The molecule has 8 nitrogen and oxygen atoms in total. The molecule has 0 aliphatic rings. The van der Waals surface area contributed by atoms with Gasteiger partial charge in [-0.3, -0.25) is 0 Å². The molecule has 0 spiro atoms. The van der Waals surface area contributed by atoms with Crippen LogP contribution >= 0.6 is 0 Å². The van der Waals surface area contributed by atoms with Crippen molar-refractivity contribution in [3.05, 3.63) is 60.7 Å². The second-order valence-corrected chi connectivity index (χ2v) is 10.6. The van der Waals surface area contributed by atoms with Crippen LogP contribution in [0.25, 0.3) is 0 Å². The summed E-state index contributed by atoms with van der Waals surface area (Å²) in [4.78, 5) is 41.8. The summed E-state index contributed by atoms with van der Waals surface area (Å²) < 4.78 is 12.2. The van der Waals surface area contributed by atoms with Crippen LogP contribution in [-0.2, 0) is 19.2 Å². The van der Waals surface area contributed by atoms with Crippen LogP contribution < -0.4 is 19.7 Å². The Morgan fingerprint density at radius 2 is 0.970 bits per heavy atom. The number of carboxylic acid groups (broad SMARTS) is 2. The van der Waals surface area contributed by atoms with Gasteiger partial charge in [0.05, 0.1) is 0 Å². The predicted molar refractivity (Wildman–Crippen MR) is 119 cm³/mol. The maximum atomic E-state index is 11.7. The van der Waals surface area contributed by atoms with Gasteiger partial charge in [0, 0.05) is 11.9 Å². The van der Waals surface area contributed by atoms with E-state index >= 15 is 0 Å². The van der Waals surface area contributed by atoms with Gasteiger partial charge in [0.1, 0.15) is 0 Å². The summed E-state index contributed by atoms with van der Waals surface area (Å²) in [5.41, 5.74) is 0. The van der Waals surface area contributed by atoms with Crippen LogP contribution in [0.4, 0.5) is 0 Å². The Hall–Kier alpha value is -2.88. The molecular formula is C24H28O8Sn. The number of hydrogen-bond acceptors (Lipinski definition) is 8. The Kier molecular flexibility index (Phi) is 18.1. The molecule has 0 fully saturated rings. The molecule has 0 heterocycles. The van der Waals surface area contributed by atoms with Gasteiger partial charge in [-0.1, -0.05) is 13.8 Å². The molecule has 176 valence electrons. The fourth-order valence-corrected chi connectivity index (χ4v) is 4.74. The van der Waals surface area contributed by atoms with Crippen molar-refractivity contribution >= 4 is 45.0 Å². The summed E-state index contributed by atoms with van der Waals surface area (Å²) in [6.45, 7) is 3.07. The van der Waals surface area contributed by atoms with E-state index in [1.807, 2.05) is 36.4 Å². The molecule has 0 amide bonds. The number of carbonyl (C=O) groups is 4. The number of para-hydroxylation sites is 2. The van der Waals surface area contributed by atoms with E-state index in [2.05, 4.69) is 0 Å². The summed E-state index contributed by atoms with van der Waals surface area (Å²) in [6.07, 6.45) is 1.07. The number of hydrogen-bond donors (Lipinski definition) is 0. The molecule has 0 N–H and O–H groups in total. The normalized spacial score (nSPS) is 9.03. The van der Waals surface area contributed by atoms with Gasteiger partial charge in [-0.25, -0.2) is 0 Å². The summed E-state index contributed by atoms with van der Waals surface area (Å²) in [5, 5.41) is 18.5. The molecule has 0 radical (unpaired) electrons. The van der Waals surface area contributed by atoms with E-state index in [0.29, 0.717) is 24.3 Å². The monoisotopic (exact) mass is 564 g/mol. The molecule has 33 heavy (non-hydrogen) atoms. The summed E-state index contributed by atoms with van der Waals surface area (Å²) in [5.74, 6) is -1.24. The van der Waals surface area contributed by atoms with Crippen molar-refractivity contribution in [2.45, 2.75) is 48.4 Å². The number of esters is 2. The quantitative estimate of drug-likeness (QED) is 0.185. The number of aliphatic carboxylic acids is 2. The minimum atomic E-state index is -0.995. The Morgan fingerprint density at radius 1 is 0.667 bits per heavy atom. The van der Waals surface area contributed by atoms with E-state index < -0.39 is 33.1 Å². The average molecular weight is 563 g/mol. The van der Waals surface area contributed by atoms with Crippen LogP contribution in [-0.4, -0.2) is 45.0 Å². The average Bonchev–Trinajstić information content (AvgIpc) is 2.81. The number of benzene rings is 2. The Balaban J connectivity index is 0.000000859. The molecule has 0 unspecified atom stereocenters. The SMILES string of the molecule is CCC(=O)[O-].CCC(=O)[O-].O=C(C[CH2][Sn+2][CH2]CC(=O)Oc1ccccc1)Oc1ccccc1. The first kappa shape index (κ1) is 30.1. The van der Waals surface area contributed by atoms with Crippen molar-refractivity contribution < 1.29 is 38.9 Å². The first-order valence-electron chi connectivity index (χ1n) is 10.4. The Bertz CT molecular complexity index is 755. The molecule has 0 aliphatic heterocycles. The molecule has 2 aromatic carbocycles. The Labute approximate surface area is 204 Å². The summed E-state index contributed by atoms with van der Waals surface area (Å²) >= 11 is -0.732. The van der Waals surface area contributed by atoms with Crippen LogP contribution in [0, 0.1) is 0 Å². The number of rotatable bonds is 10. The molecule has 0 bridgehead atoms. The molecule has 0 aliphatic carbocycles. The summed E-state index contributed by atoms with van der Waals surface area (Å²) in [7, 11) is 0. The van der Waals surface area contributed by atoms with Crippen LogP contribution in [0.1, 0.15) is 39.5 Å². The second-order valence-electron chi connectivity index (χ2n) is 6.28. The first-order chi connectivity index (χ1) is 15.8. The van der Waals surface area contributed by atoms with E-state index in [1.54, 1.807) is 24.3 Å². The van der Waals surface area contributed by atoms with Crippen LogP contribution in [0.2, 0.25) is 8.87 Å². The van der Waals surface area contributed by atoms with E-state index in [0.717, 1.165) is 8.87 Å². The van der Waals surface area contributed by atoms with Gasteiger partial charge in [0.2, 0.25) is 0 Å². The topological polar surface area (TPSA) is 133 Å². The van der Waals surface area contributed by atoms with E-state index in [1.165, 1.54) is 13.8 Å². The van der Waals surface area contributed by atoms with Crippen LogP contribution in [0.3, 0.4) is 0 Å². The van der Waals surface area contributed by atoms with Crippen LogP contribution in [0.15, 0.2) is 60.7 Å². The number of ether oxygens (including phenoxy) is 2. The maximum absolute atomic E-state index is 11.7. The molecular weight excluding hydrogens is 535 g/mol. The standard InChI is InChI=1S/2C9H9O2.2C3H6O2.Sn/c2*1-2-9(10)11-8-6-4-3-5-7-8;2*1-2-3(4)5;/h2*3-7H,1-2H2;2*2H2,1H3,(H,4,5);/q;;;;+2/p-2. The fraction of sp³-hybridized carbons (Fsp3) is 0.333. The second kappa shape index (κ2) is 19.8. The zero-order valence-corrected chi connectivity index (χ0v) is 21.6. The van der Waals surface area contributed by atoms with Gasteiger partial charge in [0.15, 0.2) is 0 Å². The van der Waals surface area contributed by atoms with Gasteiger partial charge in [-0.15, -0.1) is 0 Å². The zero-order valence-electron chi connectivity index (χ0n) is 18.8. The van der Waals surface area contributed by atoms with Crippen LogP contribution in [0.5, 0.6) is 11.5 Å². The number of carboxylic acids is 2. The molecule has 0 atom stereocenters. The van der Waals surface area contributed by atoms with Gasteiger partial charge in [-0.05, 0) is 12.8 Å². The summed E-state index contributed by atoms with van der Waals surface area (Å²) in [6, 6.07) is 18.1. The van der Waals surface area contributed by atoms with Gasteiger partial charge < -0.3 is 19.8 Å². The third kappa shape index (κ3) is 19.5. The van der Waals surface area contributed by atoms with E-state index in [4.69, 9.17) is 9.47 Å². The van der Waals surface area contributed by atoms with Crippen molar-refractivity contribution in [1.82, 2.24) is 0 Å². The molecule has 2 aromatic rings. The van der Waals surface area contributed by atoms with E-state index in [-0.39, 0.29) is 24.8 Å². The van der Waals surface area contributed by atoms with E-state index in [9.17, 15) is 29.4 Å². The molecule has 2 rings (SSSR count). The van der Waals surface area contributed by atoms with Crippen molar-refractivity contribution in [1.29, 1.82) is 0 Å². The molecule has 0 saturated carbocycles. The minimum absolute atomic E-state index is 0.111. The van der Waals surface area contributed by atoms with Crippen molar-refractivity contribution in [2.24, 2.45) is 0 Å². The molecule has 0 aromatic heterocycles. The third-order valence-corrected chi connectivity index (χ3v) is 6.98. The predicted octanol–water partition coefficient (Wildman–Crippen LogP) is 1.81. The Morgan fingerprint density at radius 3 is 1.24 bits per heavy atom. The number of carbonyl (C=O) groups excluding carboxylic acids is 4. The third-order valence-electron chi connectivity index (χ3n) is 3.54. The van der Waals surface area contributed by atoms with Gasteiger partial charge in [0.25, 0.3) is 0 Å². The van der Waals surface area contributed by atoms with Crippen molar-refractivity contribution in [2.75, 3.05) is 0 Å². The first-order valence-corrected chi connectivity index (χ1v) is 14.4.